The molecule has 15 heteroatoms. The summed E-state index contributed by atoms with van der Waals surface area (Å²) in [5.74, 6) is -1.67. The zero-order valence-electron chi connectivity index (χ0n) is 34.9. The van der Waals surface area contributed by atoms with E-state index in [0.29, 0.717) is 78.2 Å². The maximum atomic E-state index is 13.1. The van der Waals surface area contributed by atoms with E-state index in [9.17, 15) is 24.0 Å². The summed E-state index contributed by atoms with van der Waals surface area (Å²) in [4.78, 5) is 72.0. The van der Waals surface area contributed by atoms with Gasteiger partial charge >= 0.3 is 23.9 Å². The van der Waals surface area contributed by atoms with Gasteiger partial charge in [0.1, 0.15) is 28.4 Å². The Morgan fingerprint density at radius 1 is 0.509 bits per heavy atom. The summed E-state index contributed by atoms with van der Waals surface area (Å²) in [6.45, 7) is 26.2. The first-order valence-electron chi connectivity index (χ1n) is 19.0. The average molecular weight is 757 g/mol. The lowest BCUT2D eigenvalue weighted by atomic mass is 10.1. The van der Waals surface area contributed by atoms with Crippen LogP contribution >= 0.6 is 0 Å². The third-order valence-corrected chi connectivity index (χ3v) is 7.59. The molecule has 0 bridgehead atoms. The molecule has 0 spiro atoms. The number of amides is 1. The van der Waals surface area contributed by atoms with Crippen LogP contribution in [0.4, 0.5) is 0 Å². The van der Waals surface area contributed by atoms with E-state index in [1.807, 2.05) is 81.9 Å². The second-order valence-corrected chi connectivity index (χ2v) is 17.8. The van der Waals surface area contributed by atoms with Crippen molar-refractivity contribution in [2.75, 3.05) is 85.1 Å². The third-order valence-electron chi connectivity index (χ3n) is 7.59. The molecule has 53 heavy (non-hydrogen) atoms. The number of nitrogens with two attached hydrogens (primary N) is 1. The van der Waals surface area contributed by atoms with Gasteiger partial charge < -0.3 is 30.0 Å². The van der Waals surface area contributed by atoms with E-state index in [0.717, 1.165) is 0 Å². The Morgan fingerprint density at radius 3 is 1.11 bits per heavy atom. The number of nitrogens with zero attached hydrogens (tertiary/aromatic N) is 4. The highest BCUT2D eigenvalue weighted by Crippen LogP contribution is 2.12. The largest absolute Gasteiger partial charge is 0.459 e. The molecule has 1 amide bonds. The number of ether oxygens (including phenoxy) is 4. The number of hydrogen-bond acceptors (Lipinski definition) is 14. The molecule has 1 atom stereocenters. The van der Waals surface area contributed by atoms with Gasteiger partial charge in [-0.3, -0.25) is 43.6 Å². The number of unbranched alkanes of at least 4 members (excludes halogenated alkanes) is 1. The van der Waals surface area contributed by atoms with Crippen LogP contribution in [-0.4, -0.2) is 163 Å². The predicted octanol–water partition coefficient (Wildman–Crippen LogP) is 2.19. The van der Waals surface area contributed by atoms with Gasteiger partial charge in [0.05, 0.1) is 26.2 Å². The molecule has 3 N–H and O–H groups in total. The third kappa shape index (κ3) is 25.7. The molecular formula is C38H72N6O9. The molecular weight excluding hydrogens is 684 g/mol. The van der Waals surface area contributed by atoms with E-state index in [1.54, 1.807) is 20.8 Å². The van der Waals surface area contributed by atoms with Crippen LogP contribution in [0.1, 0.15) is 102 Å². The molecule has 1 rings (SSSR count). The SMILES string of the molecule is CC(C)(C)OC(=O)CN1CCN(CC(=O)NCCCC[C@H](N)C(=O)OC(C)(C)C)CCN(CC(=O)OC(C)(C)C)CCN(CC(=O)OC(C)(C)C)CC1. The Hall–Kier alpha value is -2.85. The molecule has 0 aromatic rings. The lowest BCUT2D eigenvalue weighted by Gasteiger charge is -2.34. The maximum Gasteiger partial charge on any atom is 0.323 e. The van der Waals surface area contributed by atoms with Crippen molar-refractivity contribution in [1.29, 1.82) is 0 Å². The van der Waals surface area contributed by atoms with Crippen LogP contribution in [0.2, 0.25) is 0 Å². The van der Waals surface area contributed by atoms with E-state index in [2.05, 4.69) is 5.32 Å². The minimum atomic E-state index is -0.719. The molecule has 15 nitrogen and oxygen atoms in total. The van der Waals surface area contributed by atoms with E-state index in [4.69, 9.17) is 24.7 Å². The van der Waals surface area contributed by atoms with Crippen molar-refractivity contribution in [3.8, 4) is 0 Å². The van der Waals surface area contributed by atoms with Crippen LogP contribution in [0.3, 0.4) is 0 Å². The fourth-order valence-electron chi connectivity index (χ4n) is 5.35. The summed E-state index contributed by atoms with van der Waals surface area (Å²) < 4.78 is 22.2. The smallest absolute Gasteiger partial charge is 0.323 e. The molecule has 1 fully saturated rings. The molecule has 1 aliphatic rings. The highest BCUT2D eigenvalue weighted by atomic mass is 16.6. The monoisotopic (exact) mass is 757 g/mol. The second kappa shape index (κ2) is 21.9. The molecule has 0 aromatic heterocycles. The Balaban J connectivity index is 3.08. The topological polar surface area (TPSA) is 173 Å². The van der Waals surface area contributed by atoms with Crippen molar-refractivity contribution < 1.29 is 42.9 Å². The van der Waals surface area contributed by atoms with Crippen LogP contribution in [0.5, 0.6) is 0 Å². The molecule has 0 radical (unpaired) electrons. The highest BCUT2D eigenvalue weighted by molar-refractivity contribution is 5.78. The van der Waals surface area contributed by atoms with Crippen LogP contribution < -0.4 is 11.1 Å². The van der Waals surface area contributed by atoms with Crippen LogP contribution in [-0.2, 0) is 42.9 Å². The lowest BCUT2D eigenvalue weighted by Crippen LogP contribution is -2.50. The van der Waals surface area contributed by atoms with Gasteiger partial charge in [-0.2, -0.15) is 0 Å². The summed E-state index contributed by atoms with van der Waals surface area (Å²) in [7, 11) is 0. The van der Waals surface area contributed by atoms with Gasteiger partial charge in [-0.15, -0.1) is 0 Å². The molecule has 1 aliphatic heterocycles. The van der Waals surface area contributed by atoms with Gasteiger partial charge in [0.15, 0.2) is 0 Å². The maximum absolute atomic E-state index is 13.1. The van der Waals surface area contributed by atoms with E-state index >= 15 is 0 Å². The zero-order chi connectivity index (χ0) is 40.6. The van der Waals surface area contributed by atoms with Crippen molar-refractivity contribution in [2.45, 2.75) is 131 Å². The van der Waals surface area contributed by atoms with Gasteiger partial charge in [-0.05, 0) is 102 Å². The molecule has 1 heterocycles. The number of carbonyl (C=O) groups is 5. The van der Waals surface area contributed by atoms with E-state index in [-0.39, 0.29) is 50.0 Å². The van der Waals surface area contributed by atoms with Crippen molar-refractivity contribution in [1.82, 2.24) is 24.9 Å². The minimum Gasteiger partial charge on any atom is -0.459 e. The quantitative estimate of drug-likeness (QED) is 0.150. The average Bonchev–Trinajstić information content (AvgIpc) is 2.94. The van der Waals surface area contributed by atoms with E-state index in [1.165, 1.54) is 0 Å². The Morgan fingerprint density at radius 2 is 0.811 bits per heavy atom. The molecule has 0 aliphatic carbocycles. The summed E-state index contributed by atoms with van der Waals surface area (Å²) in [5, 5.41) is 2.97. The predicted molar refractivity (Wildman–Crippen MR) is 204 cm³/mol. The van der Waals surface area contributed by atoms with Gasteiger partial charge in [0, 0.05) is 58.9 Å². The molecule has 0 aromatic carbocycles. The van der Waals surface area contributed by atoms with Crippen LogP contribution in [0, 0.1) is 0 Å². The fourth-order valence-corrected chi connectivity index (χ4v) is 5.35. The second-order valence-electron chi connectivity index (χ2n) is 17.8. The minimum absolute atomic E-state index is 0.0494. The Labute approximate surface area is 318 Å². The first-order chi connectivity index (χ1) is 24.2. The molecule has 0 saturated carbocycles. The summed E-state index contributed by atoms with van der Waals surface area (Å²) in [5.41, 5.74) is 3.47. The van der Waals surface area contributed by atoms with Crippen molar-refractivity contribution in [3.63, 3.8) is 0 Å². The standard InChI is InChI=1S/C38H72N6O9/c1-35(2,3)50-31(46)26-42-19-17-41(25-30(45)40-16-14-13-15-29(39)34(49)53-38(10,11)12)18-20-43(27-32(47)51-36(4,5)6)22-24-44(23-21-42)28-33(48)52-37(7,8)9/h29H,13-28,39H2,1-12H3,(H,40,45)/t29-/m0/s1. The highest BCUT2D eigenvalue weighted by Gasteiger charge is 2.26. The normalized spacial score (nSPS) is 17.5. The van der Waals surface area contributed by atoms with Crippen molar-refractivity contribution >= 4 is 29.8 Å². The van der Waals surface area contributed by atoms with Gasteiger partial charge in [-0.25, -0.2) is 0 Å². The molecule has 1 saturated heterocycles. The van der Waals surface area contributed by atoms with Gasteiger partial charge in [0.2, 0.25) is 5.91 Å². The number of hydrogen-bond donors (Lipinski definition) is 2. The summed E-state index contributed by atoms with van der Waals surface area (Å²) >= 11 is 0. The van der Waals surface area contributed by atoms with E-state index < -0.39 is 34.4 Å². The lowest BCUT2D eigenvalue weighted by molar-refractivity contribution is -0.158. The van der Waals surface area contributed by atoms with Gasteiger partial charge in [-0.1, -0.05) is 0 Å². The number of nitrogens with one attached hydrogen (secondary N) is 1. The number of rotatable bonds is 14. The van der Waals surface area contributed by atoms with Crippen LogP contribution in [0.15, 0.2) is 0 Å². The summed E-state index contributed by atoms with van der Waals surface area (Å²) in [6, 6.07) is -0.719. The Kier molecular flexibility index (Phi) is 19.9. The van der Waals surface area contributed by atoms with Gasteiger partial charge in [0.25, 0.3) is 0 Å². The first kappa shape index (κ1) is 48.2. The zero-order valence-corrected chi connectivity index (χ0v) is 34.9. The van der Waals surface area contributed by atoms with Crippen molar-refractivity contribution in [3.05, 3.63) is 0 Å². The molecule has 0 unspecified atom stereocenters. The molecule has 308 valence electrons. The van der Waals surface area contributed by atoms with Crippen molar-refractivity contribution in [2.24, 2.45) is 5.73 Å². The Bertz CT molecular complexity index is 1120. The number of carbonyl (C=O) groups excluding carboxylic acids is 5. The number of esters is 4. The summed E-state index contributed by atoms with van der Waals surface area (Å²) in [6.07, 6.45) is 1.75. The van der Waals surface area contributed by atoms with Crippen LogP contribution in [0.25, 0.3) is 0 Å². The fraction of sp³-hybridized carbons (Fsp3) is 0.868. The first-order valence-corrected chi connectivity index (χ1v) is 19.0.